The molecular weight excluding hydrogens is 464 g/mol. The number of ether oxygens (including phenoxy) is 1. The number of carbonyl (C=O) groups excluding carboxylic acids is 1. The van der Waals surface area contributed by atoms with Gasteiger partial charge in [0, 0.05) is 24.4 Å². The van der Waals surface area contributed by atoms with Crippen molar-refractivity contribution in [3.63, 3.8) is 0 Å². The Balaban J connectivity index is 1.67. The number of sulfonamides is 1. The fraction of sp³-hybridized carbons (Fsp3) is 0.462. The summed E-state index contributed by atoms with van der Waals surface area (Å²) in [6.45, 7) is 5.81. The molecule has 9 heteroatoms. The van der Waals surface area contributed by atoms with Crippen LogP contribution in [-0.4, -0.2) is 57.2 Å². The zero-order valence-corrected chi connectivity index (χ0v) is 21.5. The first kappa shape index (κ1) is 23.8. The van der Waals surface area contributed by atoms with Crippen LogP contribution >= 0.6 is 0 Å². The number of fused-ring (bicyclic) bond motifs is 1. The standard InChI is InChI=1S/C26H32N4O4S/c1-17-5-9-19(10-6-17)30-24(25(31)27-3)21-13-20(18-7-8-18)23(14-22(21)28-30)29(35(4,32)33)12-11-26(2)15-34-16-26/h5-6,9-10,13-14,18H,7-8,11-12,15-16H2,1-4H3,(H,27,31). The molecule has 8 nitrogen and oxygen atoms in total. The first-order chi connectivity index (χ1) is 16.6. The van der Waals surface area contributed by atoms with Gasteiger partial charge in [0.1, 0.15) is 5.69 Å². The van der Waals surface area contributed by atoms with Crippen LogP contribution < -0.4 is 9.62 Å². The maximum atomic E-state index is 13.0. The third-order valence-electron chi connectivity index (χ3n) is 7.05. The molecule has 1 aliphatic heterocycles. The zero-order valence-electron chi connectivity index (χ0n) is 20.7. The van der Waals surface area contributed by atoms with E-state index in [0.29, 0.717) is 43.1 Å². The van der Waals surface area contributed by atoms with E-state index < -0.39 is 10.0 Å². The first-order valence-corrected chi connectivity index (χ1v) is 13.9. The Bertz CT molecular complexity index is 1390. The van der Waals surface area contributed by atoms with E-state index in [1.54, 1.807) is 11.7 Å². The monoisotopic (exact) mass is 496 g/mol. The molecule has 1 aromatic heterocycles. The van der Waals surface area contributed by atoms with Crippen LogP contribution in [0.4, 0.5) is 5.69 Å². The summed E-state index contributed by atoms with van der Waals surface area (Å²) in [7, 11) is -1.92. The number of hydrogen-bond acceptors (Lipinski definition) is 5. The van der Waals surface area contributed by atoms with Crippen LogP contribution in [0.15, 0.2) is 36.4 Å². The van der Waals surface area contributed by atoms with Gasteiger partial charge in [0.25, 0.3) is 5.91 Å². The average Bonchev–Trinajstić information content (AvgIpc) is 3.57. The normalized spacial score (nSPS) is 17.3. The average molecular weight is 497 g/mol. The minimum Gasteiger partial charge on any atom is -0.380 e. The lowest BCUT2D eigenvalue weighted by atomic mass is 9.85. The van der Waals surface area contributed by atoms with E-state index in [-0.39, 0.29) is 17.2 Å². The fourth-order valence-electron chi connectivity index (χ4n) is 4.72. The van der Waals surface area contributed by atoms with Gasteiger partial charge >= 0.3 is 0 Å². The molecule has 1 aliphatic carbocycles. The van der Waals surface area contributed by atoms with Gasteiger partial charge in [0.15, 0.2) is 0 Å². The van der Waals surface area contributed by atoms with Gasteiger partial charge in [0.2, 0.25) is 10.0 Å². The van der Waals surface area contributed by atoms with Crippen LogP contribution in [0.25, 0.3) is 16.6 Å². The summed E-state index contributed by atoms with van der Waals surface area (Å²) in [6.07, 6.45) is 3.98. The summed E-state index contributed by atoms with van der Waals surface area (Å²) in [5, 5.41) is 8.24. The van der Waals surface area contributed by atoms with Gasteiger partial charge in [0.05, 0.1) is 36.4 Å². The van der Waals surface area contributed by atoms with E-state index >= 15 is 0 Å². The Morgan fingerprint density at radius 1 is 1.23 bits per heavy atom. The van der Waals surface area contributed by atoms with Crippen molar-refractivity contribution >= 4 is 32.5 Å². The lowest BCUT2D eigenvalue weighted by Crippen LogP contribution is -2.43. The summed E-state index contributed by atoms with van der Waals surface area (Å²) < 4.78 is 34.5. The van der Waals surface area contributed by atoms with Gasteiger partial charge < -0.3 is 10.1 Å². The number of aromatic nitrogens is 2. The predicted octanol–water partition coefficient (Wildman–Crippen LogP) is 3.76. The zero-order chi connectivity index (χ0) is 25.0. The Hall–Kier alpha value is -2.91. The summed E-state index contributed by atoms with van der Waals surface area (Å²) in [4.78, 5) is 13.0. The topological polar surface area (TPSA) is 93.5 Å². The van der Waals surface area contributed by atoms with E-state index in [1.165, 1.54) is 10.6 Å². The predicted molar refractivity (Wildman–Crippen MR) is 137 cm³/mol. The van der Waals surface area contributed by atoms with E-state index in [0.717, 1.165) is 35.0 Å². The van der Waals surface area contributed by atoms with Gasteiger partial charge in [-0.3, -0.25) is 9.10 Å². The summed E-state index contributed by atoms with van der Waals surface area (Å²) in [5.41, 5.74) is 4.55. The Labute approximate surface area is 206 Å². The molecule has 0 atom stereocenters. The highest BCUT2D eigenvalue weighted by Gasteiger charge is 2.36. The lowest BCUT2D eigenvalue weighted by Gasteiger charge is -2.39. The van der Waals surface area contributed by atoms with Crippen molar-refractivity contribution < 1.29 is 17.9 Å². The van der Waals surface area contributed by atoms with E-state index in [1.807, 2.05) is 43.3 Å². The highest BCUT2D eigenvalue weighted by Crippen LogP contribution is 2.47. The molecule has 5 rings (SSSR count). The summed E-state index contributed by atoms with van der Waals surface area (Å²) in [5.74, 6) is 0.0435. The van der Waals surface area contributed by atoms with E-state index in [9.17, 15) is 13.2 Å². The molecule has 1 N–H and O–H groups in total. The Kier molecular flexibility index (Phi) is 5.88. The second-order valence-corrected chi connectivity index (χ2v) is 12.2. The molecule has 0 spiro atoms. The number of aryl methyl sites for hydroxylation is 1. The molecule has 0 unspecified atom stereocenters. The van der Waals surface area contributed by atoms with Gasteiger partial charge in [-0.2, -0.15) is 5.10 Å². The molecule has 2 fully saturated rings. The van der Waals surface area contributed by atoms with Gasteiger partial charge in [-0.25, -0.2) is 13.1 Å². The maximum Gasteiger partial charge on any atom is 0.270 e. The van der Waals surface area contributed by atoms with Gasteiger partial charge in [-0.1, -0.05) is 24.6 Å². The Morgan fingerprint density at radius 2 is 1.91 bits per heavy atom. The van der Waals surface area contributed by atoms with Crippen LogP contribution in [0, 0.1) is 12.3 Å². The molecule has 1 saturated heterocycles. The highest BCUT2D eigenvalue weighted by molar-refractivity contribution is 7.92. The van der Waals surface area contributed by atoms with Crippen molar-refractivity contribution in [2.24, 2.45) is 5.41 Å². The number of nitrogens with zero attached hydrogens (tertiary/aromatic N) is 3. The van der Waals surface area contributed by atoms with Crippen molar-refractivity contribution in [3.8, 4) is 5.69 Å². The number of rotatable bonds is 8. The molecule has 1 amide bonds. The molecule has 1 saturated carbocycles. The highest BCUT2D eigenvalue weighted by atomic mass is 32.2. The number of carbonyl (C=O) groups is 1. The molecule has 186 valence electrons. The van der Waals surface area contributed by atoms with Crippen molar-refractivity contribution in [1.29, 1.82) is 0 Å². The SMILES string of the molecule is CNC(=O)c1c2cc(C3CC3)c(N(CCC3(C)COC3)S(C)(=O)=O)cc2nn1-c1ccc(C)cc1. The lowest BCUT2D eigenvalue weighted by molar-refractivity contribution is -0.104. The minimum atomic E-state index is -3.52. The third-order valence-corrected chi connectivity index (χ3v) is 8.23. The summed E-state index contributed by atoms with van der Waals surface area (Å²) in [6, 6.07) is 11.7. The molecular formula is C26H32N4O4S. The van der Waals surface area contributed by atoms with Crippen molar-refractivity contribution in [2.45, 2.75) is 39.0 Å². The Morgan fingerprint density at radius 3 is 2.46 bits per heavy atom. The van der Waals surface area contributed by atoms with Gasteiger partial charge in [-0.15, -0.1) is 0 Å². The molecule has 2 aliphatic rings. The first-order valence-electron chi connectivity index (χ1n) is 12.0. The molecule has 0 bridgehead atoms. The largest absolute Gasteiger partial charge is 0.380 e. The van der Waals surface area contributed by atoms with Crippen molar-refractivity contribution in [1.82, 2.24) is 15.1 Å². The number of amides is 1. The molecule has 0 radical (unpaired) electrons. The van der Waals surface area contributed by atoms with Crippen LogP contribution in [-0.2, 0) is 14.8 Å². The fourth-order valence-corrected chi connectivity index (χ4v) is 5.65. The third kappa shape index (κ3) is 4.54. The van der Waals surface area contributed by atoms with Crippen LogP contribution in [0.5, 0.6) is 0 Å². The number of benzene rings is 2. The van der Waals surface area contributed by atoms with Crippen LogP contribution in [0.1, 0.15) is 53.7 Å². The van der Waals surface area contributed by atoms with E-state index in [4.69, 9.17) is 9.84 Å². The molecule has 2 aromatic carbocycles. The number of nitrogens with one attached hydrogen (secondary N) is 1. The summed E-state index contributed by atoms with van der Waals surface area (Å²) >= 11 is 0. The minimum absolute atomic E-state index is 0.00775. The molecule has 3 aromatic rings. The quantitative estimate of drug-likeness (QED) is 0.513. The van der Waals surface area contributed by atoms with Crippen molar-refractivity contribution in [3.05, 3.63) is 53.2 Å². The second kappa shape index (κ2) is 8.64. The molecule has 35 heavy (non-hydrogen) atoms. The smallest absolute Gasteiger partial charge is 0.270 e. The molecule has 2 heterocycles. The van der Waals surface area contributed by atoms with Crippen LogP contribution in [0.2, 0.25) is 0 Å². The maximum absolute atomic E-state index is 13.0. The number of anilines is 1. The van der Waals surface area contributed by atoms with Crippen LogP contribution in [0.3, 0.4) is 0 Å². The number of hydrogen-bond donors (Lipinski definition) is 1. The second-order valence-electron chi connectivity index (χ2n) is 10.3. The van der Waals surface area contributed by atoms with Crippen molar-refractivity contribution in [2.75, 3.05) is 37.4 Å². The van der Waals surface area contributed by atoms with E-state index in [2.05, 4.69) is 12.2 Å². The van der Waals surface area contributed by atoms with Gasteiger partial charge in [-0.05, 0) is 61.9 Å².